The Morgan fingerprint density at radius 2 is 1.96 bits per heavy atom. The Morgan fingerprint density at radius 1 is 1.19 bits per heavy atom. The zero-order valence-electron chi connectivity index (χ0n) is 14.9. The van der Waals surface area contributed by atoms with Crippen molar-refractivity contribution < 1.29 is 9.53 Å². The normalized spacial score (nSPS) is 13.6. The Kier molecular flexibility index (Phi) is 4.96. The predicted octanol–water partition coefficient (Wildman–Crippen LogP) is 4.96. The molecule has 2 heterocycles. The highest BCUT2D eigenvalue weighted by Gasteiger charge is 2.20. The Morgan fingerprint density at radius 3 is 2.73 bits per heavy atom. The Bertz CT molecular complexity index is 964. The van der Waals surface area contributed by atoms with E-state index in [2.05, 4.69) is 4.98 Å². The summed E-state index contributed by atoms with van der Waals surface area (Å²) in [5.41, 5.74) is 3.21. The summed E-state index contributed by atoms with van der Waals surface area (Å²) in [6.07, 6.45) is 4.85. The topological polar surface area (TPSA) is 52.1 Å². The minimum absolute atomic E-state index is 0.303. The number of hydrogen-bond acceptors (Lipinski definition) is 6. The molecular formula is C20H20N2O2S2. The van der Waals surface area contributed by atoms with E-state index in [1.807, 2.05) is 42.5 Å². The van der Waals surface area contributed by atoms with Gasteiger partial charge in [-0.3, -0.25) is 0 Å². The first-order chi connectivity index (χ1) is 12.7. The molecule has 0 spiro atoms. The van der Waals surface area contributed by atoms with E-state index in [0.29, 0.717) is 5.56 Å². The standard InChI is InChI=1S/C20H20N2O2S2/c1-12-21-18(17-15-5-3-4-6-16(15)26-19(17)22-12)25-11-13-7-9-14(10-8-13)20(23)24-2/h7-10H,3-6,11H2,1-2H3. The number of aromatic nitrogens is 2. The van der Waals surface area contributed by atoms with Gasteiger partial charge in [0.2, 0.25) is 0 Å². The fourth-order valence-corrected chi connectivity index (χ4v) is 5.76. The van der Waals surface area contributed by atoms with Crippen molar-refractivity contribution in [3.05, 3.63) is 51.7 Å². The summed E-state index contributed by atoms with van der Waals surface area (Å²) in [7, 11) is 1.40. The number of esters is 1. The molecule has 0 fully saturated rings. The van der Waals surface area contributed by atoms with Crippen LogP contribution in [0.5, 0.6) is 0 Å². The van der Waals surface area contributed by atoms with Gasteiger partial charge >= 0.3 is 5.97 Å². The highest BCUT2D eigenvalue weighted by atomic mass is 32.2. The summed E-state index contributed by atoms with van der Waals surface area (Å²) in [4.78, 5) is 23.6. The predicted molar refractivity (Wildman–Crippen MR) is 106 cm³/mol. The Hall–Kier alpha value is -1.92. The van der Waals surface area contributed by atoms with Crippen molar-refractivity contribution in [1.29, 1.82) is 0 Å². The molecule has 0 unspecified atom stereocenters. The molecule has 0 N–H and O–H groups in total. The van der Waals surface area contributed by atoms with Crippen LogP contribution in [0.2, 0.25) is 0 Å². The first-order valence-corrected chi connectivity index (χ1v) is 10.5. The molecular weight excluding hydrogens is 364 g/mol. The van der Waals surface area contributed by atoms with Gasteiger partial charge in [-0.05, 0) is 55.9 Å². The lowest BCUT2D eigenvalue weighted by Crippen LogP contribution is -2.01. The van der Waals surface area contributed by atoms with Crippen LogP contribution < -0.4 is 0 Å². The van der Waals surface area contributed by atoms with Gasteiger partial charge in [-0.25, -0.2) is 14.8 Å². The second kappa shape index (κ2) is 7.37. The molecule has 1 aliphatic rings. The van der Waals surface area contributed by atoms with Crippen molar-refractivity contribution in [3.8, 4) is 0 Å². The van der Waals surface area contributed by atoms with Gasteiger partial charge in [0.1, 0.15) is 15.7 Å². The SMILES string of the molecule is COC(=O)c1ccc(CSc2nc(C)nc3sc4c(c23)CCCC4)cc1. The quantitative estimate of drug-likeness (QED) is 0.362. The smallest absolute Gasteiger partial charge is 0.337 e. The highest BCUT2D eigenvalue weighted by Crippen LogP contribution is 2.40. The lowest BCUT2D eigenvalue weighted by Gasteiger charge is -2.12. The van der Waals surface area contributed by atoms with Gasteiger partial charge in [-0.15, -0.1) is 23.1 Å². The van der Waals surface area contributed by atoms with Crippen LogP contribution in [-0.2, 0) is 23.3 Å². The number of thiophene rings is 1. The minimum atomic E-state index is -0.303. The number of fused-ring (bicyclic) bond motifs is 3. The van der Waals surface area contributed by atoms with E-state index in [0.717, 1.165) is 33.4 Å². The second-order valence-corrected chi connectivity index (χ2v) is 8.49. The molecule has 0 atom stereocenters. The molecule has 6 heteroatoms. The number of benzene rings is 1. The molecule has 4 rings (SSSR count). The molecule has 134 valence electrons. The molecule has 0 bridgehead atoms. The summed E-state index contributed by atoms with van der Waals surface area (Å²) in [5.74, 6) is 1.35. The number of rotatable bonds is 4. The molecule has 26 heavy (non-hydrogen) atoms. The van der Waals surface area contributed by atoms with Crippen molar-refractivity contribution in [2.24, 2.45) is 0 Å². The minimum Gasteiger partial charge on any atom is -0.465 e. The van der Waals surface area contributed by atoms with Gasteiger partial charge in [-0.2, -0.15) is 0 Å². The molecule has 1 aromatic carbocycles. The van der Waals surface area contributed by atoms with Gasteiger partial charge in [0, 0.05) is 16.0 Å². The lowest BCUT2D eigenvalue weighted by molar-refractivity contribution is 0.0600. The van der Waals surface area contributed by atoms with Crippen molar-refractivity contribution in [1.82, 2.24) is 9.97 Å². The molecule has 1 aliphatic carbocycles. The maximum absolute atomic E-state index is 11.6. The summed E-state index contributed by atoms with van der Waals surface area (Å²) in [5, 5.41) is 2.36. The molecule has 2 aromatic heterocycles. The number of methoxy groups -OCH3 is 1. The fraction of sp³-hybridized carbons (Fsp3) is 0.350. The summed E-state index contributed by atoms with van der Waals surface area (Å²) in [6.45, 7) is 1.97. The zero-order chi connectivity index (χ0) is 18.1. The number of carbonyl (C=O) groups excluding carboxylic acids is 1. The van der Waals surface area contributed by atoms with Gasteiger partial charge in [-0.1, -0.05) is 12.1 Å². The van der Waals surface area contributed by atoms with Crippen molar-refractivity contribution in [3.63, 3.8) is 0 Å². The third-order valence-electron chi connectivity index (χ3n) is 4.64. The van der Waals surface area contributed by atoms with Crippen LogP contribution in [0.1, 0.15) is 45.0 Å². The van der Waals surface area contributed by atoms with Crippen molar-refractivity contribution in [2.75, 3.05) is 7.11 Å². The molecule has 0 amide bonds. The number of thioether (sulfide) groups is 1. The summed E-state index contributed by atoms with van der Waals surface area (Å²) < 4.78 is 4.75. The zero-order valence-corrected chi connectivity index (χ0v) is 16.5. The fourth-order valence-electron chi connectivity index (χ4n) is 3.34. The van der Waals surface area contributed by atoms with Crippen LogP contribution in [0.15, 0.2) is 29.3 Å². The molecule has 0 saturated carbocycles. The monoisotopic (exact) mass is 384 g/mol. The largest absolute Gasteiger partial charge is 0.465 e. The van der Waals surface area contributed by atoms with E-state index in [4.69, 9.17) is 9.72 Å². The highest BCUT2D eigenvalue weighted by molar-refractivity contribution is 7.98. The average molecular weight is 385 g/mol. The number of hydrogen-bond donors (Lipinski definition) is 0. The number of carbonyl (C=O) groups is 1. The molecule has 0 aliphatic heterocycles. The lowest BCUT2D eigenvalue weighted by atomic mass is 9.97. The van der Waals surface area contributed by atoms with Gasteiger partial charge in [0.05, 0.1) is 12.7 Å². The molecule has 0 radical (unpaired) electrons. The van der Waals surface area contributed by atoms with Crippen LogP contribution in [0, 0.1) is 6.92 Å². The Balaban J connectivity index is 1.61. The third-order valence-corrected chi connectivity index (χ3v) is 6.88. The van der Waals surface area contributed by atoms with E-state index in [1.165, 1.54) is 42.2 Å². The van der Waals surface area contributed by atoms with Gasteiger partial charge in [0.15, 0.2) is 0 Å². The first-order valence-electron chi connectivity index (χ1n) is 8.74. The van der Waals surface area contributed by atoms with E-state index < -0.39 is 0 Å². The number of ether oxygens (including phenoxy) is 1. The van der Waals surface area contributed by atoms with Crippen LogP contribution in [0.4, 0.5) is 0 Å². The van der Waals surface area contributed by atoms with Crippen LogP contribution in [0.3, 0.4) is 0 Å². The average Bonchev–Trinajstić information content (AvgIpc) is 3.04. The second-order valence-electron chi connectivity index (χ2n) is 6.44. The van der Waals surface area contributed by atoms with E-state index in [1.54, 1.807) is 11.8 Å². The molecule has 0 saturated heterocycles. The van der Waals surface area contributed by atoms with E-state index in [-0.39, 0.29) is 5.97 Å². The first kappa shape index (κ1) is 17.5. The summed E-state index contributed by atoms with van der Waals surface area (Å²) >= 11 is 3.60. The van der Waals surface area contributed by atoms with Gasteiger partial charge < -0.3 is 4.74 Å². The number of aryl methyl sites for hydroxylation is 3. The summed E-state index contributed by atoms with van der Waals surface area (Å²) in [6, 6.07) is 7.59. The van der Waals surface area contributed by atoms with Gasteiger partial charge in [0.25, 0.3) is 0 Å². The Labute approximate surface area is 161 Å². The molecule has 3 aromatic rings. The maximum atomic E-state index is 11.6. The maximum Gasteiger partial charge on any atom is 0.337 e. The molecule has 4 nitrogen and oxygen atoms in total. The number of nitrogens with zero attached hydrogens (tertiary/aromatic N) is 2. The third kappa shape index (κ3) is 3.35. The van der Waals surface area contributed by atoms with Crippen LogP contribution >= 0.6 is 23.1 Å². The van der Waals surface area contributed by atoms with E-state index in [9.17, 15) is 4.79 Å². The van der Waals surface area contributed by atoms with Crippen molar-refractivity contribution in [2.45, 2.75) is 43.4 Å². The van der Waals surface area contributed by atoms with Crippen LogP contribution in [0.25, 0.3) is 10.2 Å². The van der Waals surface area contributed by atoms with Crippen LogP contribution in [-0.4, -0.2) is 23.0 Å². The van der Waals surface area contributed by atoms with Crippen molar-refractivity contribution >= 4 is 39.3 Å². The van der Waals surface area contributed by atoms with E-state index >= 15 is 0 Å².